The molecule has 11 rings (SSSR count). The first-order valence-electron chi connectivity index (χ1n) is 18.7. The predicted molar refractivity (Wildman–Crippen MR) is 231 cm³/mol. The van der Waals surface area contributed by atoms with E-state index < -0.39 is 0 Å². The SMILES string of the molecule is N=C(c1cccc2c1c1ccccc1n2-c1cccc(-n2c3ccccc3c3ccc4c5ccccc5oc4c32)c1)N(C(=[NH2+])c1ccccc1)c1ccccc1. The average molecular weight is 721 g/mol. The minimum atomic E-state index is 0.292. The predicted octanol–water partition coefficient (Wildman–Crippen LogP) is 10.8. The molecule has 0 amide bonds. The third-order valence-electron chi connectivity index (χ3n) is 11.0. The largest absolute Gasteiger partial charge is 0.454 e. The molecule has 0 radical (unpaired) electrons. The van der Waals surface area contributed by atoms with Crippen molar-refractivity contribution >= 4 is 82.9 Å². The Balaban J connectivity index is 1.13. The Bertz CT molecular complexity index is 3350. The van der Waals surface area contributed by atoms with Gasteiger partial charge in [-0.15, -0.1) is 0 Å². The van der Waals surface area contributed by atoms with Gasteiger partial charge in [-0.25, -0.2) is 0 Å². The van der Waals surface area contributed by atoms with Crippen molar-refractivity contribution in [1.82, 2.24) is 9.13 Å². The number of para-hydroxylation sites is 4. The molecule has 8 aromatic carbocycles. The zero-order valence-electron chi connectivity index (χ0n) is 30.2. The van der Waals surface area contributed by atoms with E-state index in [-0.39, 0.29) is 0 Å². The van der Waals surface area contributed by atoms with E-state index in [9.17, 15) is 5.41 Å². The minimum absolute atomic E-state index is 0.292. The maximum Gasteiger partial charge on any atom is 0.286 e. The summed E-state index contributed by atoms with van der Waals surface area (Å²) in [6, 6.07) is 64.4. The highest BCUT2D eigenvalue weighted by atomic mass is 16.3. The van der Waals surface area contributed by atoms with E-state index in [1.54, 1.807) is 0 Å². The zero-order chi connectivity index (χ0) is 37.3. The highest BCUT2D eigenvalue weighted by Crippen LogP contribution is 2.41. The zero-order valence-corrected chi connectivity index (χ0v) is 30.2. The number of nitrogens with two attached hydrogens (primary N) is 1. The number of hydrogen-bond donors (Lipinski definition) is 2. The van der Waals surface area contributed by atoms with Crippen LogP contribution < -0.4 is 10.3 Å². The van der Waals surface area contributed by atoms with Crippen LogP contribution in [0.5, 0.6) is 0 Å². The quantitative estimate of drug-likeness (QED) is 0.137. The first kappa shape index (κ1) is 31.8. The molecule has 0 unspecified atom stereocenters. The van der Waals surface area contributed by atoms with Crippen LogP contribution in [0.1, 0.15) is 11.1 Å². The first-order valence-corrected chi connectivity index (χ1v) is 18.7. The van der Waals surface area contributed by atoms with Crippen LogP contribution in [0.15, 0.2) is 192 Å². The average Bonchev–Trinajstić information content (AvgIpc) is 3.92. The van der Waals surface area contributed by atoms with Crippen molar-refractivity contribution in [2.75, 3.05) is 4.90 Å². The van der Waals surface area contributed by atoms with Crippen LogP contribution in [0.4, 0.5) is 5.69 Å². The van der Waals surface area contributed by atoms with Crippen LogP contribution in [0.2, 0.25) is 0 Å². The van der Waals surface area contributed by atoms with Crippen LogP contribution in [0.25, 0.3) is 76.9 Å². The third-order valence-corrected chi connectivity index (χ3v) is 11.0. The standard InChI is InChI=1S/C50H33N5O/c51-49(32-15-3-1-4-16-32)55(33-17-5-2-6-18-33)50(52)41-24-14-27-44-46(41)40-23-8-11-26-43(40)53(44)34-19-13-20-35(31-34)54-42-25-10-7-21-36(42)38-29-30-39-37-22-9-12-28-45(37)56-48(39)47(38)54/h1-31,51-52H/p+1. The summed E-state index contributed by atoms with van der Waals surface area (Å²) in [5.74, 6) is 0.778. The molecule has 3 N–H and O–H groups in total. The second kappa shape index (κ2) is 12.4. The van der Waals surface area contributed by atoms with Gasteiger partial charge in [0.1, 0.15) is 11.3 Å². The highest BCUT2D eigenvalue weighted by Gasteiger charge is 2.30. The number of furan rings is 1. The van der Waals surface area contributed by atoms with Crippen molar-refractivity contribution in [2.24, 2.45) is 0 Å². The van der Waals surface area contributed by atoms with Gasteiger partial charge in [0.25, 0.3) is 5.84 Å². The molecule has 56 heavy (non-hydrogen) atoms. The lowest BCUT2D eigenvalue weighted by atomic mass is 10.0. The molecule has 3 aromatic heterocycles. The molecule has 0 spiro atoms. The molecule has 0 aliphatic carbocycles. The molecule has 0 saturated heterocycles. The van der Waals surface area contributed by atoms with Gasteiger partial charge < -0.3 is 13.6 Å². The third kappa shape index (κ3) is 4.69. The Kier molecular flexibility index (Phi) is 7.06. The van der Waals surface area contributed by atoms with Crippen molar-refractivity contribution in [2.45, 2.75) is 0 Å². The summed E-state index contributed by atoms with van der Waals surface area (Å²) >= 11 is 0. The van der Waals surface area contributed by atoms with Crippen molar-refractivity contribution in [3.05, 3.63) is 199 Å². The van der Waals surface area contributed by atoms with Gasteiger partial charge in [0.15, 0.2) is 5.58 Å². The first-order chi connectivity index (χ1) is 27.7. The highest BCUT2D eigenvalue weighted by molar-refractivity contribution is 6.31. The number of rotatable bonds is 5. The molecular formula is C50H34N5O+. The molecule has 6 heteroatoms. The van der Waals surface area contributed by atoms with Crippen molar-refractivity contribution < 1.29 is 9.83 Å². The molecular weight excluding hydrogens is 687 g/mol. The van der Waals surface area contributed by atoms with Gasteiger partial charge in [-0.1, -0.05) is 109 Å². The number of nitrogens with one attached hydrogen (secondary N) is 1. The van der Waals surface area contributed by atoms with E-state index in [1.807, 2.05) is 89.8 Å². The molecule has 264 valence electrons. The Hall–Kier alpha value is -7.70. The Labute approximate surface area is 321 Å². The lowest BCUT2D eigenvalue weighted by Crippen LogP contribution is -2.54. The van der Waals surface area contributed by atoms with Crippen LogP contribution in [-0.2, 0) is 0 Å². The normalized spacial score (nSPS) is 11.7. The fourth-order valence-corrected chi connectivity index (χ4v) is 8.59. The molecule has 0 bridgehead atoms. The van der Waals surface area contributed by atoms with Gasteiger partial charge in [-0.2, -0.15) is 4.90 Å². The van der Waals surface area contributed by atoms with Crippen LogP contribution >= 0.6 is 0 Å². The number of nitrogens with zero attached hydrogens (tertiary/aromatic N) is 3. The lowest BCUT2D eigenvalue weighted by molar-refractivity contribution is -0.113. The molecule has 11 aromatic rings. The minimum Gasteiger partial charge on any atom is -0.454 e. The summed E-state index contributed by atoms with van der Waals surface area (Å²) in [6.07, 6.45) is 0. The van der Waals surface area contributed by atoms with Gasteiger partial charge in [-0.3, -0.25) is 10.8 Å². The monoisotopic (exact) mass is 720 g/mol. The Morgan fingerprint density at radius 3 is 1.88 bits per heavy atom. The molecule has 3 heterocycles. The fourth-order valence-electron chi connectivity index (χ4n) is 8.59. The summed E-state index contributed by atoms with van der Waals surface area (Å²) in [6.45, 7) is 0. The van der Waals surface area contributed by atoms with Crippen molar-refractivity contribution in [3.8, 4) is 11.4 Å². The number of hydrogen-bond acceptors (Lipinski definition) is 2. The molecule has 0 atom stereocenters. The summed E-state index contributed by atoms with van der Waals surface area (Å²) in [4.78, 5) is 1.85. The number of benzene rings is 8. The maximum atomic E-state index is 9.87. The molecule has 0 saturated carbocycles. The topological polar surface area (TPSA) is 75.7 Å². The van der Waals surface area contributed by atoms with Crippen molar-refractivity contribution in [3.63, 3.8) is 0 Å². The van der Waals surface area contributed by atoms with E-state index >= 15 is 0 Å². The molecule has 6 nitrogen and oxygen atoms in total. The Morgan fingerprint density at radius 2 is 1.09 bits per heavy atom. The second-order valence-corrected chi connectivity index (χ2v) is 14.1. The van der Waals surface area contributed by atoms with E-state index in [0.717, 1.165) is 88.4 Å². The summed E-state index contributed by atoms with van der Waals surface area (Å²) in [7, 11) is 0. The van der Waals surface area contributed by atoms with E-state index in [4.69, 9.17) is 9.83 Å². The number of fused-ring (bicyclic) bond motifs is 10. The van der Waals surface area contributed by atoms with Gasteiger partial charge in [0.05, 0.1) is 33.2 Å². The van der Waals surface area contributed by atoms with Crippen LogP contribution in [0, 0.1) is 5.41 Å². The summed E-state index contributed by atoms with van der Waals surface area (Å²) < 4.78 is 11.3. The lowest BCUT2D eigenvalue weighted by Gasteiger charge is -2.19. The van der Waals surface area contributed by atoms with Crippen LogP contribution in [-0.4, -0.2) is 20.8 Å². The molecule has 0 aliphatic heterocycles. The van der Waals surface area contributed by atoms with E-state index in [0.29, 0.717) is 11.7 Å². The number of amidine groups is 2. The molecule has 0 fully saturated rings. The van der Waals surface area contributed by atoms with Gasteiger partial charge in [0, 0.05) is 43.7 Å². The van der Waals surface area contributed by atoms with Crippen LogP contribution in [0.3, 0.4) is 0 Å². The summed E-state index contributed by atoms with van der Waals surface area (Å²) in [5.41, 5.74) is 10.4. The van der Waals surface area contributed by atoms with E-state index in [1.165, 1.54) is 5.39 Å². The fraction of sp³-hybridized carbons (Fsp3) is 0. The number of anilines is 1. The maximum absolute atomic E-state index is 9.87. The smallest absolute Gasteiger partial charge is 0.286 e. The summed E-state index contributed by atoms with van der Waals surface area (Å²) in [5, 5.41) is 23.4. The van der Waals surface area contributed by atoms with Gasteiger partial charge in [-0.05, 0) is 78.9 Å². The van der Waals surface area contributed by atoms with Gasteiger partial charge >= 0.3 is 0 Å². The Morgan fingerprint density at radius 1 is 0.500 bits per heavy atom. The molecule has 0 aliphatic rings. The number of aromatic nitrogens is 2. The second-order valence-electron chi connectivity index (χ2n) is 14.1. The van der Waals surface area contributed by atoms with Gasteiger partial charge in [0.2, 0.25) is 5.84 Å². The van der Waals surface area contributed by atoms with E-state index in [2.05, 4.69) is 112 Å². The van der Waals surface area contributed by atoms with Crippen molar-refractivity contribution in [1.29, 1.82) is 5.41 Å².